The Morgan fingerprint density at radius 1 is 1.45 bits per heavy atom. The number of nitrogen functional groups attached to an aromatic ring is 1. The number of aromatic nitrogens is 1. The van der Waals surface area contributed by atoms with Gasteiger partial charge in [-0.25, -0.2) is 17.5 Å². The van der Waals surface area contributed by atoms with Gasteiger partial charge in [0.05, 0.1) is 16.1 Å². The molecule has 0 spiro atoms. The van der Waals surface area contributed by atoms with Gasteiger partial charge in [0, 0.05) is 17.6 Å². The third kappa shape index (κ3) is 2.82. The number of rotatable bonds is 4. The van der Waals surface area contributed by atoms with E-state index in [0.29, 0.717) is 5.56 Å². The van der Waals surface area contributed by atoms with Gasteiger partial charge in [-0.05, 0) is 31.0 Å². The zero-order valence-corrected chi connectivity index (χ0v) is 12.6. The van der Waals surface area contributed by atoms with Crippen LogP contribution in [-0.2, 0) is 16.6 Å². The molecule has 2 rings (SSSR count). The van der Waals surface area contributed by atoms with E-state index in [0.717, 1.165) is 10.9 Å². The molecule has 1 aromatic carbocycles. The van der Waals surface area contributed by atoms with E-state index in [-0.39, 0.29) is 22.7 Å². The SMILES string of the molecule is Cc1cc(F)c(N)c(C)c1S(=O)(=O)NCc1cncs1. The molecule has 0 fully saturated rings. The number of nitrogens with zero attached hydrogens (tertiary/aromatic N) is 1. The summed E-state index contributed by atoms with van der Waals surface area (Å²) in [5, 5.41) is 0. The lowest BCUT2D eigenvalue weighted by molar-refractivity contribution is 0.579. The molecular formula is C12H14FN3O2S2. The zero-order valence-electron chi connectivity index (χ0n) is 11.0. The number of anilines is 1. The van der Waals surface area contributed by atoms with E-state index in [1.807, 2.05) is 0 Å². The highest BCUT2D eigenvalue weighted by Crippen LogP contribution is 2.27. The van der Waals surface area contributed by atoms with Crippen LogP contribution in [0.1, 0.15) is 16.0 Å². The van der Waals surface area contributed by atoms with Crippen molar-refractivity contribution in [3.8, 4) is 0 Å². The molecule has 0 amide bonds. The van der Waals surface area contributed by atoms with Crippen LogP contribution in [0.2, 0.25) is 0 Å². The van der Waals surface area contributed by atoms with Gasteiger partial charge in [0.1, 0.15) is 5.82 Å². The molecule has 0 saturated heterocycles. The van der Waals surface area contributed by atoms with Crippen LogP contribution in [0.5, 0.6) is 0 Å². The molecule has 2 aromatic rings. The van der Waals surface area contributed by atoms with Gasteiger partial charge in [0.15, 0.2) is 0 Å². The van der Waals surface area contributed by atoms with Crippen LogP contribution in [-0.4, -0.2) is 13.4 Å². The average Bonchev–Trinajstić information content (AvgIpc) is 2.86. The van der Waals surface area contributed by atoms with Gasteiger partial charge in [-0.2, -0.15) is 0 Å². The van der Waals surface area contributed by atoms with Crippen LogP contribution < -0.4 is 10.5 Å². The normalized spacial score (nSPS) is 11.8. The summed E-state index contributed by atoms with van der Waals surface area (Å²) in [6.07, 6.45) is 1.59. The van der Waals surface area contributed by atoms with Crippen molar-refractivity contribution in [3.05, 3.63) is 39.6 Å². The number of hydrogen-bond donors (Lipinski definition) is 2. The van der Waals surface area contributed by atoms with Crippen LogP contribution in [0.15, 0.2) is 22.7 Å². The van der Waals surface area contributed by atoms with Crippen molar-refractivity contribution in [2.24, 2.45) is 0 Å². The lowest BCUT2D eigenvalue weighted by Gasteiger charge is -2.14. The summed E-state index contributed by atoms with van der Waals surface area (Å²) in [6, 6.07) is 1.13. The maximum Gasteiger partial charge on any atom is 0.241 e. The van der Waals surface area contributed by atoms with Gasteiger partial charge in [0.25, 0.3) is 0 Å². The first-order chi connectivity index (χ1) is 9.33. The molecule has 3 N–H and O–H groups in total. The summed E-state index contributed by atoms with van der Waals surface area (Å²) in [6.45, 7) is 3.17. The summed E-state index contributed by atoms with van der Waals surface area (Å²) in [5.41, 5.74) is 7.59. The number of halogens is 1. The fourth-order valence-electron chi connectivity index (χ4n) is 1.91. The second-order valence-corrected chi connectivity index (χ2v) is 7.01. The minimum atomic E-state index is -3.75. The van der Waals surface area contributed by atoms with E-state index in [1.54, 1.807) is 11.7 Å². The first-order valence-electron chi connectivity index (χ1n) is 5.75. The largest absolute Gasteiger partial charge is 0.396 e. The quantitative estimate of drug-likeness (QED) is 0.845. The van der Waals surface area contributed by atoms with Crippen molar-refractivity contribution in [1.29, 1.82) is 0 Å². The number of benzene rings is 1. The van der Waals surface area contributed by atoms with Crippen LogP contribution in [0.4, 0.5) is 10.1 Å². The Labute approximate surface area is 120 Å². The molecule has 108 valence electrons. The lowest BCUT2D eigenvalue weighted by atomic mass is 10.1. The van der Waals surface area contributed by atoms with Gasteiger partial charge >= 0.3 is 0 Å². The van der Waals surface area contributed by atoms with Gasteiger partial charge in [-0.1, -0.05) is 0 Å². The van der Waals surface area contributed by atoms with E-state index in [2.05, 4.69) is 9.71 Å². The van der Waals surface area contributed by atoms with Crippen molar-refractivity contribution in [1.82, 2.24) is 9.71 Å². The Kier molecular flexibility index (Phi) is 4.07. The molecule has 5 nitrogen and oxygen atoms in total. The van der Waals surface area contributed by atoms with Gasteiger partial charge < -0.3 is 5.73 Å². The monoisotopic (exact) mass is 315 g/mol. The summed E-state index contributed by atoms with van der Waals surface area (Å²) < 4.78 is 40.6. The number of nitrogens with one attached hydrogen (secondary N) is 1. The Balaban J connectivity index is 2.37. The molecule has 1 heterocycles. The summed E-state index contributed by atoms with van der Waals surface area (Å²) in [5.74, 6) is -0.610. The van der Waals surface area contributed by atoms with Gasteiger partial charge in [-0.3, -0.25) is 4.98 Å². The molecule has 0 unspecified atom stereocenters. The topological polar surface area (TPSA) is 85.1 Å². The third-order valence-electron chi connectivity index (χ3n) is 2.89. The molecule has 1 aromatic heterocycles. The minimum Gasteiger partial charge on any atom is -0.396 e. The average molecular weight is 315 g/mol. The number of aryl methyl sites for hydroxylation is 1. The van der Waals surface area contributed by atoms with Crippen LogP contribution >= 0.6 is 11.3 Å². The standard InChI is InChI=1S/C12H14FN3O2S2/c1-7-3-10(13)11(14)8(2)12(7)20(17,18)16-5-9-4-15-6-19-9/h3-4,6,16H,5,14H2,1-2H3. The highest BCUT2D eigenvalue weighted by atomic mass is 32.2. The Hall–Kier alpha value is -1.51. The number of nitrogens with two attached hydrogens (primary N) is 1. The molecule has 0 aliphatic carbocycles. The first kappa shape index (κ1) is 14.9. The van der Waals surface area contributed by atoms with E-state index in [9.17, 15) is 12.8 Å². The van der Waals surface area contributed by atoms with Crippen molar-refractivity contribution < 1.29 is 12.8 Å². The van der Waals surface area contributed by atoms with Crippen LogP contribution in [0.3, 0.4) is 0 Å². The molecule has 0 bridgehead atoms. The van der Waals surface area contributed by atoms with Crippen molar-refractivity contribution >= 4 is 27.0 Å². The lowest BCUT2D eigenvalue weighted by Crippen LogP contribution is -2.25. The zero-order chi connectivity index (χ0) is 14.9. The fourth-order valence-corrected chi connectivity index (χ4v) is 4.02. The predicted molar refractivity (Wildman–Crippen MR) is 76.4 cm³/mol. The Morgan fingerprint density at radius 2 is 2.15 bits per heavy atom. The molecule has 0 atom stereocenters. The van der Waals surface area contributed by atoms with E-state index in [4.69, 9.17) is 5.73 Å². The highest BCUT2D eigenvalue weighted by molar-refractivity contribution is 7.89. The summed E-state index contributed by atoms with van der Waals surface area (Å²) in [7, 11) is -3.75. The van der Waals surface area contributed by atoms with E-state index in [1.165, 1.54) is 25.2 Å². The molecule has 20 heavy (non-hydrogen) atoms. The molecular weight excluding hydrogens is 301 g/mol. The fraction of sp³-hybridized carbons (Fsp3) is 0.250. The van der Waals surface area contributed by atoms with Crippen molar-refractivity contribution in [3.63, 3.8) is 0 Å². The molecule has 0 saturated carbocycles. The minimum absolute atomic E-state index is 0.0286. The van der Waals surface area contributed by atoms with Gasteiger partial charge in [-0.15, -0.1) is 11.3 Å². The maximum absolute atomic E-state index is 13.5. The van der Waals surface area contributed by atoms with E-state index < -0.39 is 15.8 Å². The Morgan fingerprint density at radius 3 is 2.75 bits per heavy atom. The highest BCUT2D eigenvalue weighted by Gasteiger charge is 2.22. The third-order valence-corrected chi connectivity index (χ3v) is 5.36. The second-order valence-electron chi connectivity index (χ2n) is 4.34. The van der Waals surface area contributed by atoms with Gasteiger partial charge in [0.2, 0.25) is 10.0 Å². The van der Waals surface area contributed by atoms with E-state index >= 15 is 0 Å². The van der Waals surface area contributed by atoms with Crippen molar-refractivity contribution in [2.75, 3.05) is 5.73 Å². The molecule has 8 heteroatoms. The smallest absolute Gasteiger partial charge is 0.241 e. The second kappa shape index (κ2) is 5.47. The first-order valence-corrected chi connectivity index (χ1v) is 8.11. The maximum atomic E-state index is 13.5. The summed E-state index contributed by atoms with van der Waals surface area (Å²) >= 11 is 1.35. The molecule has 0 aliphatic rings. The van der Waals surface area contributed by atoms with Crippen LogP contribution in [0, 0.1) is 19.7 Å². The molecule has 0 radical (unpaired) electrons. The Bertz CT molecular complexity index is 728. The molecule has 0 aliphatic heterocycles. The summed E-state index contributed by atoms with van der Waals surface area (Å²) in [4.78, 5) is 4.69. The van der Waals surface area contributed by atoms with Crippen LogP contribution in [0.25, 0.3) is 0 Å². The predicted octanol–water partition coefficient (Wildman–Crippen LogP) is 1.96. The van der Waals surface area contributed by atoms with Crippen molar-refractivity contribution in [2.45, 2.75) is 25.3 Å². The number of hydrogen-bond acceptors (Lipinski definition) is 5. The number of sulfonamides is 1. The number of thiazole rings is 1.